The summed E-state index contributed by atoms with van der Waals surface area (Å²) in [6.45, 7) is 1.54. The lowest BCUT2D eigenvalue weighted by Gasteiger charge is -2.15. The number of nitrogens with zero attached hydrogens (tertiary/aromatic N) is 3. The lowest BCUT2D eigenvalue weighted by atomic mass is 10.1. The predicted octanol–water partition coefficient (Wildman–Crippen LogP) is 2.89. The molecule has 1 aromatic carbocycles. The van der Waals surface area contributed by atoms with Gasteiger partial charge >= 0.3 is 0 Å². The normalized spacial score (nSPS) is 14.4. The molecule has 2 aromatic heterocycles. The average Bonchev–Trinajstić information content (AvgIpc) is 3.28. The molecule has 0 unspecified atom stereocenters. The Morgan fingerprint density at radius 3 is 2.64 bits per heavy atom. The Morgan fingerprint density at radius 1 is 1.20 bits per heavy atom. The van der Waals surface area contributed by atoms with Crippen molar-refractivity contribution in [3.8, 4) is 11.1 Å². The van der Waals surface area contributed by atoms with Crippen LogP contribution >= 0.6 is 11.3 Å². The highest BCUT2D eigenvalue weighted by atomic mass is 32.1. The number of hydrogen-bond donors (Lipinski definition) is 0. The van der Waals surface area contributed by atoms with Gasteiger partial charge in [-0.3, -0.25) is 14.2 Å². The number of rotatable bonds is 3. The van der Waals surface area contributed by atoms with Gasteiger partial charge in [-0.15, -0.1) is 11.3 Å². The summed E-state index contributed by atoms with van der Waals surface area (Å²) in [6, 6.07) is 6.10. The van der Waals surface area contributed by atoms with Crippen molar-refractivity contribution in [2.45, 2.75) is 19.4 Å². The molecule has 1 saturated heterocycles. The van der Waals surface area contributed by atoms with Gasteiger partial charge in [-0.1, -0.05) is 12.1 Å². The van der Waals surface area contributed by atoms with Crippen molar-refractivity contribution in [1.82, 2.24) is 14.5 Å². The van der Waals surface area contributed by atoms with Crippen LogP contribution in [0.2, 0.25) is 0 Å². The van der Waals surface area contributed by atoms with Gasteiger partial charge in [0.05, 0.1) is 11.8 Å². The molecule has 0 N–H and O–H groups in total. The minimum atomic E-state index is -0.306. The molecular formula is C18H16FN3O2S. The third kappa shape index (κ3) is 2.95. The largest absolute Gasteiger partial charge is 0.341 e. The van der Waals surface area contributed by atoms with E-state index in [9.17, 15) is 14.0 Å². The van der Waals surface area contributed by atoms with Gasteiger partial charge < -0.3 is 4.90 Å². The van der Waals surface area contributed by atoms with Crippen molar-refractivity contribution in [3.05, 3.63) is 52.1 Å². The fourth-order valence-electron chi connectivity index (χ4n) is 3.10. The molecule has 5 nitrogen and oxygen atoms in total. The van der Waals surface area contributed by atoms with E-state index in [-0.39, 0.29) is 23.8 Å². The summed E-state index contributed by atoms with van der Waals surface area (Å²) in [4.78, 5) is 31.1. The predicted molar refractivity (Wildman–Crippen MR) is 95.1 cm³/mol. The standard InChI is InChI=1S/C18H16FN3O2S/c19-13-5-3-12(4-6-13)14-10-25-17-16(14)20-11-22(18(17)24)9-15(23)21-7-1-2-8-21/h3-6,10-11H,1-2,7-9H2. The first-order valence-electron chi connectivity index (χ1n) is 8.14. The quantitative estimate of drug-likeness (QED) is 0.724. The van der Waals surface area contributed by atoms with Crippen molar-refractivity contribution < 1.29 is 9.18 Å². The molecule has 0 saturated carbocycles. The van der Waals surface area contributed by atoms with E-state index in [1.54, 1.807) is 17.0 Å². The van der Waals surface area contributed by atoms with Crippen molar-refractivity contribution in [1.29, 1.82) is 0 Å². The van der Waals surface area contributed by atoms with Gasteiger partial charge in [0, 0.05) is 24.0 Å². The monoisotopic (exact) mass is 357 g/mol. The first-order chi connectivity index (χ1) is 12.1. The number of halogens is 1. The molecule has 1 amide bonds. The Hall–Kier alpha value is -2.54. The first-order valence-corrected chi connectivity index (χ1v) is 9.02. The zero-order valence-corrected chi connectivity index (χ0v) is 14.3. The topological polar surface area (TPSA) is 55.2 Å². The Morgan fingerprint density at radius 2 is 1.92 bits per heavy atom. The molecule has 25 heavy (non-hydrogen) atoms. The highest BCUT2D eigenvalue weighted by Crippen LogP contribution is 2.30. The van der Waals surface area contributed by atoms with Crippen molar-refractivity contribution in [2.75, 3.05) is 13.1 Å². The van der Waals surface area contributed by atoms with Crippen LogP contribution in [-0.4, -0.2) is 33.4 Å². The van der Waals surface area contributed by atoms with Crippen LogP contribution in [-0.2, 0) is 11.3 Å². The maximum absolute atomic E-state index is 13.1. The molecule has 128 valence electrons. The molecule has 0 aliphatic carbocycles. The van der Waals surface area contributed by atoms with Gasteiger partial charge in [0.25, 0.3) is 5.56 Å². The fourth-order valence-corrected chi connectivity index (χ4v) is 4.08. The zero-order chi connectivity index (χ0) is 17.4. The second-order valence-corrected chi connectivity index (χ2v) is 6.98. The third-order valence-electron chi connectivity index (χ3n) is 4.47. The van der Waals surface area contributed by atoms with E-state index in [0.29, 0.717) is 10.2 Å². The van der Waals surface area contributed by atoms with Crippen LogP contribution in [0.25, 0.3) is 21.3 Å². The maximum atomic E-state index is 13.1. The van der Waals surface area contributed by atoms with E-state index >= 15 is 0 Å². The molecule has 4 rings (SSSR count). The molecule has 1 aliphatic rings. The molecule has 3 aromatic rings. The Labute approximate surface area is 147 Å². The molecule has 3 heterocycles. The molecule has 0 atom stereocenters. The molecule has 7 heteroatoms. The number of likely N-dealkylation sites (tertiary alicyclic amines) is 1. The molecule has 1 fully saturated rings. The third-order valence-corrected chi connectivity index (χ3v) is 5.42. The highest BCUT2D eigenvalue weighted by molar-refractivity contribution is 7.17. The first kappa shape index (κ1) is 16.0. The van der Waals surface area contributed by atoms with Crippen LogP contribution in [0.3, 0.4) is 0 Å². The summed E-state index contributed by atoms with van der Waals surface area (Å²) in [5, 5.41) is 1.85. The van der Waals surface area contributed by atoms with E-state index in [0.717, 1.165) is 37.1 Å². The molecule has 0 radical (unpaired) electrons. The second kappa shape index (κ2) is 6.40. The number of hydrogen-bond acceptors (Lipinski definition) is 4. The summed E-state index contributed by atoms with van der Waals surface area (Å²) in [7, 11) is 0. The number of carbonyl (C=O) groups is 1. The van der Waals surface area contributed by atoms with E-state index in [2.05, 4.69) is 4.98 Å². The maximum Gasteiger partial charge on any atom is 0.271 e. The van der Waals surface area contributed by atoms with Crippen molar-refractivity contribution in [2.24, 2.45) is 0 Å². The number of thiophene rings is 1. The lowest BCUT2D eigenvalue weighted by molar-refractivity contribution is -0.130. The van der Waals surface area contributed by atoms with Crippen LogP contribution < -0.4 is 5.56 Å². The molecule has 0 spiro atoms. The number of fused-ring (bicyclic) bond motifs is 1. The number of benzene rings is 1. The summed E-state index contributed by atoms with van der Waals surface area (Å²) in [5.74, 6) is -0.352. The minimum absolute atomic E-state index is 0.0194. The van der Waals surface area contributed by atoms with Crippen molar-refractivity contribution in [3.63, 3.8) is 0 Å². The van der Waals surface area contributed by atoms with Gasteiger partial charge in [0.2, 0.25) is 5.91 Å². The van der Waals surface area contributed by atoms with Crippen molar-refractivity contribution >= 4 is 27.5 Å². The number of carbonyl (C=O) groups excluding carboxylic acids is 1. The van der Waals surface area contributed by atoms with Crippen LogP contribution in [0, 0.1) is 5.82 Å². The minimum Gasteiger partial charge on any atom is -0.341 e. The van der Waals surface area contributed by atoms with E-state index in [4.69, 9.17) is 0 Å². The smallest absolute Gasteiger partial charge is 0.271 e. The molecule has 1 aliphatic heterocycles. The number of aromatic nitrogens is 2. The Balaban J connectivity index is 1.68. The van der Waals surface area contributed by atoms with Crippen LogP contribution in [0.1, 0.15) is 12.8 Å². The summed E-state index contributed by atoms with van der Waals surface area (Å²) in [6.07, 6.45) is 3.46. The van der Waals surface area contributed by atoms with Gasteiger partial charge in [-0.25, -0.2) is 9.37 Å². The van der Waals surface area contributed by atoms with Crippen LogP contribution in [0.4, 0.5) is 4.39 Å². The number of amides is 1. The van der Waals surface area contributed by atoms with E-state index in [1.807, 2.05) is 5.38 Å². The van der Waals surface area contributed by atoms with Gasteiger partial charge in [-0.05, 0) is 30.5 Å². The molecule has 0 bridgehead atoms. The Bertz CT molecular complexity index is 988. The fraction of sp³-hybridized carbons (Fsp3) is 0.278. The highest BCUT2D eigenvalue weighted by Gasteiger charge is 2.20. The van der Waals surface area contributed by atoms with E-state index < -0.39 is 0 Å². The van der Waals surface area contributed by atoms with Crippen LogP contribution in [0.5, 0.6) is 0 Å². The zero-order valence-electron chi connectivity index (χ0n) is 13.4. The van der Waals surface area contributed by atoms with Gasteiger partial charge in [0.1, 0.15) is 17.1 Å². The average molecular weight is 357 g/mol. The van der Waals surface area contributed by atoms with Gasteiger partial charge in [0.15, 0.2) is 0 Å². The SMILES string of the molecule is O=C(Cn1cnc2c(-c3ccc(F)cc3)csc2c1=O)N1CCCC1. The summed E-state index contributed by atoms with van der Waals surface area (Å²) >= 11 is 1.30. The second-order valence-electron chi connectivity index (χ2n) is 6.10. The van der Waals surface area contributed by atoms with Gasteiger partial charge in [-0.2, -0.15) is 0 Å². The lowest BCUT2D eigenvalue weighted by Crippen LogP contribution is -2.34. The summed E-state index contributed by atoms with van der Waals surface area (Å²) < 4.78 is 15.0. The van der Waals surface area contributed by atoms with E-state index in [1.165, 1.54) is 34.4 Å². The molecular weight excluding hydrogens is 341 g/mol. The summed E-state index contributed by atoms with van der Waals surface area (Å²) in [5.41, 5.74) is 1.99. The van der Waals surface area contributed by atoms with Crippen LogP contribution in [0.15, 0.2) is 40.8 Å². The Kier molecular flexibility index (Phi) is 4.09.